The topological polar surface area (TPSA) is 63.4 Å². The Morgan fingerprint density at radius 1 is 1.24 bits per heavy atom. The molecule has 0 aliphatic carbocycles. The van der Waals surface area contributed by atoms with Gasteiger partial charge in [0.1, 0.15) is 5.82 Å². The Hall–Kier alpha value is -2.08. The maximum absolute atomic E-state index is 13.8. The number of anilines is 2. The summed E-state index contributed by atoms with van der Waals surface area (Å²) in [5.41, 5.74) is 7.71. The molecule has 1 heterocycles. The molecule has 3 rings (SSSR count). The first kappa shape index (κ1) is 13.9. The smallest absolute Gasteiger partial charge is 0.264 e. The molecule has 6 heteroatoms. The fraction of sp³-hybridized carbons (Fsp3) is 0.200. The van der Waals surface area contributed by atoms with E-state index >= 15 is 0 Å². The van der Waals surface area contributed by atoms with Gasteiger partial charge >= 0.3 is 0 Å². The molecule has 0 saturated heterocycles. The fourth-order valence-electron chi connectivity index (χ4n) is 2.51. The van der Waals surface area contributed by atoms with Gasteiger partial charge in [-0.15, -0.1) is 0 Å². The largest absolute Gasteiger partial charge is 0.398 e. The third kappa shape index (κ3) is 2.15. The molecular weight excluding hydrogens is 291 g/mol. The Morgan fingerprint density at radius 2 is 1.95 bits per heavy atom. The van der Waals surface area contributed by atoms with Crippen LogP contribution in [0.15, 0.2) is 41.3 Å². The SMILES string of the molecule is Cc1c(N)cc(S(=O)(=O)N2CCc3ccccc32)cc1F. The number of nitrogens with zero attached hydrogens (tertiary/aromatic N) is 1. The average Bonchev–Trinajstić information content (AvgIpc) is 2.88. The van der Waals surface area contributed by atoms with E-state index in [9.17, 15) is 12.8 Å². The Bertz CT molecular complexity index is 795. The number of hydrogen-bond donors (Lipinski definition) is 1. The molecule has 0 aromatic heterocycles. The van der Waals surface area contributed by atoms with Crippen LogP contribution in [0.5, 0.6) is 0 Å². The Kier molecular flexibility index (Phi) is 3.13. The van der Waals surface area contributed by atoms with Crippen molar-refractivity contribution in [1.82, 2.24) is 0 Å². The van der Waals surface area contributed by atoms with Gasteiger partial charge in [0.05, 0.1) is 10.6 Å². The minimum atomic E-state index is -3.80. The number of nitrogen functional groups attached to an aromatic ring is 1. The number of hydrogen-bond acceptors (Lipinski definition) is 3. The predicted molar refractivity (Wildman–Crippen MR) is 80.2 cm³/mol. The normalized spacial score (nSPS) is 14.3. The molecule has 21 heavy (non-hydrogen) atoms. The highest BCUT2D eigenvalue weighted by molar-refractivity contribution is 7.92. The van der Waals surface area contributed by atoms with Gasteiger partial charge in [-0.3, -0.25) is 4.31 Å². The van der Waals surface area contributed by atoms with E-state index in [1.54, 1.807) is 12.1 Å². The molecule has 110 valence electrons. The lowest BCUT2D eigenvalue weighted by atomic mass is 10.2. The number of sulfonamides is 1. The summed E-state index contributed by atoms with van der Waals surface area (Å²) in [4.78, 5) is -0.111. The molecule has 0 unspecified atom stereocenters. The first-order chi connectivity index (χ1) is 9.91. The maximum atomic E-state index is 13.8. The monoisotopic (exact) mass is 306 g/mol. The molecule has 0 saturated carbocycles. The van der Waals surface area contributed by atoms with E-state index in [0.29, 0.717) is 18.7 Å². The van der Waals surface area contributed by atoms with Crippen LogP contribution in [0.1, 0.15) is 11.1 Å². The average molecular weight is 306 g/mol. The highest BCUT2D eigenvalue weighted by Crippen LogP contribution is 2.33. The molecule has 1 aliphatic heterocycles. The van der Waals surface area contributed by atoms with Crippen LogP contribution in [0.3, 0.4) is 0 Å². The van der Waals surface area contributed by atoms with Gasteiger partial charge < -0.3 is 5.73 Å². The highest BCUT2D eigenvalue weighted by Gasteiger charge is 2.31. The van der Waals surface area contributed by atoms with Gasteiger partial charge in [-0.2, -0.15) is 0 Å². The zero-order chi connectivity index (χ0) is 15.2. The summed E-state index contributed by atoms with van der Waals surface area (Å²) in [6, 6.07) is 9.66. The third-order valence-corrected chi connectivity index (χ3v) is 5.58. The molecule has 2 aromatic carbocycles. The maximum Gasteiger partial charge on any atom is 0.264 e. The van der Waals surface area contributed by atoms with Crippen molar-refractivity contribution in [2.75, 3.05) is 16.6 Å². The molecule has 0 atom stereocenters. The minimum absolute atomic E-state index is 0.111. The fourth-order valence-corrected chi connectivity index (χ4v) is 4.06. The summed E-state index contributed by atoms with van der Waals surface area (Å²) in [6.07, 6.45) is 0.652. The molecule has 2 N–H and O–H groups in total. The standard InChI is InChI=1S/C15H15FN2O2S/c1-10-13(16)8-12(9-14(10)17)21(19,20)18-7-6-11-4-2-3-5-15(11)18/h2-5,8-9H,6-7,17H2,1H3. The van der Waals surface area contributed by atoms with Crippen LogP contribution in [-0.4, -0.2) is 15.0 Å². The predicted octanol–water partition coefficient (Wildman–Crippen LogP) is 2.47. The van der Waals surface area contributed by atoms with Gasteiger partial charge in [-0.1, -0.05) is 18.2 Å². The van der Waals surface area contributed by atoms with Crippen LogP contribution in [0.25, 0.3) is 0 Å². The van der Waals surface area contributed by atoms with Crippen LogP contribution in [0.2, 0.25) is 0 Å². The highest BCUT2D eigenvalue weighted by atomic mass is 32.2. The zero-order valence-electron chi connectivity index (χ0n) is 11.5. The van der Waals surface area contributed by atoms with Gasteiger partial charge in [0, 0.05) is 17.8 Å². The molecule has 2 aromatic rings. The van der Waals surface area contributed by atoms with Crippen molar-refractivity contribution in [3.05, 3.63) is 53.3 Å². The molecule has 0 bridgehead atoms. The molecule has 0 fully saturated rings. The van der Waals surface area contributed by atoms with E-state index in [-0.39, 0.29) is 16.1 Å². The van der Waals surface area contributed by atoms with Gasteiger partial charge in [0.2, 0.25) is 0 Å². The van der Waals surface area contributed by atoms with Crippen molar-refractivity contribution in [2.45, 2.75) is 18.2 Å². The lowest BCUT2D eigenvalue weighted by Gasteiger charge is -2.20. The number of benzene rings is 2. The molecule has 1 aliphatic rings. The molecule has 0 radical (unpaired) electrons. The van der Waals surface area contributed by atoms with Crippen LogP contribution in [0.4, 0.5) is 15.8 Å². The number of para-hydroxylation sites is 1. The molecule has 0 spiro atoms. The number of rotatable bonds is 2. The summed E-state index contributed by atoms with van der Waals surface area (Å²) in [5, 5.41) is 0. The van der Waals surface area contributed by atoms with E-state index in [1.807, 2.05) is 12.1 Å². The van der Waals surface area contributed by atoms with E-state index < -0.39 is 15.8 Å². The van der Waals surface area contributed by atoms with E-state index in [1.165, 1.54) is 17.3 Å². The summed E-state index contributed by atoms with van der Waals surface area (Å²) in [6.45, 7) is 1.88. The second-order valence-corrected chi connectivity index (χ2v) is 6.94. The quantitative estimate of drug-likeness (QED) is 0.867. The Labute approximate surface area is 123 Å². The van der Waals surface area contributed by atoms with Gasteiger partial charge in [0.15, 0.2) is 0 Å². The van der Waals surface area contributed by atoms with Crippen LogP contribution in [-0.2, 0) is 16.4 Å². The third-order valence-electron chi connectivity index (χ3n) is 3.79. The van der Waals surface area contributed by atoms with Crippen molar-refractivity contribution in [1.29, 1.82) is 0 Å². The van der Waals surface area contributed by atoms with Crippen molar-refractivity contribution in [3.63, 3.8) is 0 Å². The lowest BCUT2D eigenvalue weighted by Crippen LogP contribution is -2.29. The van der Waals surface area contributed by atoms with Crippen molar-refractivity contribution in [3.8, 4) is 0 Å². The molecule has 0 amide bonds. The summed E-state index contributed by atoms with van der Waals surface area (Å²) < 4.78 is 40.5. The van der Waals surface area contributed by atoms with Crippen molar-refractivity contribution in [2.24, 2.45) is 0 Å². The number of halogens is 1. The first-order valence-corrected chi connectivity index (χ1v) is 8.01. The van der Waals surface area contributed by atoms with Crippen LogP contribution in [0, 0.1) is 12.7 Å². The minimum Gasteiger partial charge on any atom is -0.398 e. The summed E-state index contributed by atoms with van der Waals surface area (Å²) >= 11 is 0. The van der Waals surface area contributed by atoms with E-state index in [4.69, 9.17) is 5.73 Å². The second-order valence-electron chi connectivity index (χ2n) is 5.08. The number of nitrogens with two attached hydrogens (primary N) is 1. The number of fused-ring (bicyclic) bond motifs is 1. The van der Waals surface area contributed by atoms with Crippen LogP contribution < -0.4 is 10.0 Å². The zero-order valence-corrected chi connectivity index (χ0v) is 12.3. The summed E-state index contributed by atoms with van der Waals surface area (Å²) in [5.74, 6) is -0.610. The van der Waals surface area contributed by atoms with E-state index in [2.05, 4.69) is 0 Å². The van der Waals surface area contributed by atoms with Crippen molar-refractivity contribution >= 4 is 21.4 Å². The van der Waals surface area contributed by atoms with E-state index in [0.717, 1.165) is 11.6 Å². The summed E-state index contributed by atoms with van der Waals surface area (Å²) in [7, 11) is -3.80. The Balaban J connectivity index is 2.11. The Morgan fingerprint density at radius 3 is 2.67 bits per heavy atom. The lowest BCUT2D eigenvalue weighted by molar-refractivity contribution is 0.586. The van der Waals surface area contributed by atoms with Crippen LogP contribution >= 0.6 is 0 Å². The van der Waals surface area contributed by atoms with Gasteiger partial charge in [-0.25, -0.2) is 12.8 Å². The molecular formula is C15H15FN2O2S. The second kappa shape index (κ2) is 4.73. The van der Waals surface area contributed by atoms with Gasteiger partial charge in [0.25, 0.3) is 10.0 Å². The first-order valence-electron chi connectivity index (χ1n) is 6.57. The molecule has 4 nitrogen and oxygen atoms in total. The van der Waals surface area contributed by atoms with Gasteiger partial charge in [-0.05, 0) is 37.1 Å². The van der Waals surface area contributed by atoms with Crippen molar-refractivity contribution < 1.29 is 12.8 Å².